The fraction of sp³-hybridized carbons (Fsp3) is 0.188. The predicted octanol–water partition coefficient (Wildman–Crippen LogP) is 2.91. The summed E-state index contributed by atoms with van der Waals surface area (Å²) < 4.78 is 36.2. The van der Waals surface area contributed by atoms with Gasteiger partial charge >= 0.3 is 0 Å². The maximum atomic E-state index is 13.1. The number of ether oxygens (including phenoxy) is 2. The van der Waals surface area contributed by atoms with Gasteiger partial charge in [-0.1, -0.05) is 6.07 Å². The molecule has 0 aliphatic rings. The van der Waals surface area contributed by atoms with E-state index in [4.69, 9.17) is 9.47 Å². The molecule has 0 heterocycles. The van der Waals surface area contributed by atoms with Crippen LogP contribution in [0.15, 0.2) is 36.4 Å². The van der Waals surface area contributed by atoms with Gasteiger partial charge in [-0.25, -0.2) is 8.78 Å². The van der Waals surface area contributed by atoms with Crippen LogP contribution >= 0.6 is 0 Å². The first-order chi connectivity index (χ1) is 10.5. The van der Waals surface area contributed by atoms with Gasteiger partial charge in [0, 0.05) is 12.1 Å². The van der Waals surface area contributed by atoms with Gasteiger partial charge in [-0.2, -0.15) is 0 Å². The largest absolute Gasteiger partial charge is 0.493 e. The number of nitrogens with one attached hydrogen (secondary N) is 1. The quantitative estimate of drug-likeness (QED) is 0.924. The lowest BCUT2D eigenvalue weighted by atomic mass is 10.1. The van der Waals surface area contributed by atoms with E-state index in [2.05, 4.69) is 5.32 Å². The van der Waals surface area contributed by atoms with E-state index >= 15 is 0 Å². The Morgan fingerprint density at radius 1 is 1.00 bits per heavy atom. The van der Waals surface area contributed by atoms with Crippen LogP contribution in [-0.4, -0.2) is 20.1 Å². The fourth-order valence-corrected chi connectivity index (χ4v) is 1.91. The summed E-state index contributed by atoms with van der Waals surface area (Å²) in [6.45, 7) is 0.220. The molecule has 22 heavy (non-hydrogen) atoms. The SMILES string of the molecule is COc1ccc(CNC(=O)c2ccc(F)c(F)c2)cc1OC. The molecule has 2 aromatic rings. The number of halogens is 2. The average Bonchev–Trinajstić information content (AvgIpc) is 2.54. The highest BCUT2D eigenvalue weighted by atomic mass is 19.2. The van der Waals surface area contributed by atoms with Crippen LogP contribution in [0.25, 0.3) is 0 Å². The minimum absolute atomic E-state index is 0.0550. The molecule has 0 aromatic heterocycles. The Kier molecular flexibility index (Phi) is 4.93. The molecule has 0 saturated heterocycles. The van der Waals surface area contributed by atoms with Crippen LogP contribution in [0.3, 0.4) is 0 Å². The average molecular weight is 307 g/mol. The van der Waals surface area contributed by atoms with Crippen LogP contribution in [0.1, 0.15) is 15.9 Å². The van der Waals surface area contributed by atoms with Crippen molar-refractivity contribution in [3.63, 3.8) is 0 Å². The minimum atomic E-state index is -1.06. The monoisotopic (exact) mass is 307 g/mol. The topological polar surface area (TPSA) is 47.6 Å². The number of benzene rings is 2. The minimum Gasteiger partial charge on any atom is -0.493 e. The standard InChI is InChI=1S/C16H15F2NO3/c1-21-14-6-3-10(7-15(14)22-2)9-19-16(20)11-4-5-12(17)13(18)8-11/h3-8H,9H2,1-2H3,(H,19,20). The summed E-state index contributed by atoms with van der Waals surface area (Å²) in [4.78, 5) is 11.9. The molecule has 2 aromatic carbocycles. The number of methoxy groups -OCH3 is 2. The van der Waals surface area contributed by atoms with Gasteiger partial charge in [0.05, 0.1) is 14.2 Å². The van der Waals surface area contributed by atoms with Crippen molar-refractivity contribution < 1.29 is 23.0 Å². The van der Waals surface area contributed by atoms with Gasteiger partial charge in [0.15, 0.2) is 23.1 Å². The smallest absolute Gasteiger partial charge is 0.251 e. The lowest BCUT2D eigenvalue weighted by molar-refractivity contribution is 0.0950. The van der Waals surface area contributed by atoms with Gasteiger partial charge in [-0.05, 0) is 35.9 Å². The Balaban J connectivity index is 2.06. The van der Waals surface area contributed by atoms with Crippen LogP contribution in [0.4, 0.5) is 8.78 Å². The second kappa shape index (κ2) is 6.89. The molecular weight excluding hydrogens is 292 g/mol. The van der Waals surface area contributed by atoms with Crippen molar-refractivity contribution in [1.29, 1.82) is 0 Å². The highest BCUT2D eigenvalue weighted by Crippen LogP contribution is 2.27. The third kappa shape index (κ3) is 3.52. The van der Waals surface area contributed by atoms with E-state index in [9.17, 15) is 13.6 Å². The number of hydrogen-bond acceptors (Lipinski definition) is 3. The van der Waals surface area contributed by atoms with Crippen LogP contribution < -0.4 is 14.8 Å². The van der Waals surface area contributed by atoms with E-state index in [0.29, 0.717) is 11.5 Å². The molecule has 0 fully saturated rings. The van der Waals surface area contributed by atoms with Crippen LogP contribution in [-0.2, 0) is 6.54 Å². The molecule has 0 bridgehead atoms. The van der Waals surface area contributed by atoms with Crippen molar-refractivity contribution >= 4 is 5.91 Å². The molecule has 2 rings (SSSR count). The number of carbonyl (C=O) groups is 1. The highest BCUT2D eigenvalue weighted by Gasteiger charge is 2.10. The van der Waals surface area contributed by atoms with Gasteiger partial charge in [0.25, 0.3) is 5.91 Å². The van der Waals surface area contributed by atoms with Gasteiger partial charge < -0.3 is 14.8 Å². The Hall–Kier alpha value is -2.63. The summed E-state index contributed by atoms with van der Waals surface area (Å²) >= 11 is 0. The zero-order chi connectivity index (χ0) is 16.1. The number of amides is 1. The van der Waals surface area contributed by atoms with Gasteiger partial charge in [-0.15, -0.1) is 0 Å². The Morgan fingerprint density at radius 2 is 1.73 bits per heavy atom. The third-order valence-corrected chi connectivity index (χ3v) is 3.08. The van der Waals surface area contributed by atoms with E-state index in [1.165, 1.54) is 20.3 Å². The van der Waals surface area contributed by atoms with Crippen LogP contribution in [0.5, 0.6) is 11.5 Å². The van der Waals surface area contributed by atoms with Crippen LogP contribution in [0, 0.1) is 11.6 Å². The summed E-state index contributed by atoms with van der Waals surface area (Å²) in [6.07, 6.45) is 0. The Bertz CT molecular complexity index is 689. The van der Waals surface area contributed by atoms with Crippen molar-refractivity contribution in [3.05, 3.63) is 59.2 Å². The first-order valence-corrected chi connectivity index (χ1v) is 6.49. The highest BCUT2D eigenvalue weighted by molar-refractivity contribution is 5.94. The molecular formula is C16H15F2NO3. The number of rotatable bonds is 5. The van der Waals surface area contributed by atoms with Crippen molar-refractivity contribution in [2.45, 2.75) is 6.54 Å². The van der Waals surface area contributed by atoms with Gasteiger partial charge in [0.2, 0.25) is 0 Å². The summed E-state index contributed by atoms with van der Waals surface area (Å²) in [5.74, 6) is -1.41. The molecule has 0 unspecified atom stereocenters. The molecule has 0 aliphatic heterocycles. The lowest BCUT2D eigenvalue weighted by Crippen LogP contribution is -2.23. The Morgan fingerprint density at radius 3 is 2.36 bits per heavy atom. The van der Waals surface area contributed by atoms with Crippen molar-refractivity contribution in [2.75, 3.05) is 14.2 Å². The van der Waals surface area contributed by atoms with Crippen molar-refractivity contribution in [2.24, 2.45) is 0 Å². The number of carbonyl (C=O) groups excluding carboxylic acids is 1. The summed E-state index contributed by atoms with van der Waals surface area (Å²) in [5, 5.41) is 2.63. The molecule has 0 spiro atoms. The zero-order valence-corrected chi connectivity index (χ0v) is 12.2. The molecule has 0 atom stereocenters. The number of hydrogen-bond donors (Lipinski definition) is 1. The molecule has 1 amide bonds. The summed E-state index contributed by atoms with van der Waals surface area (Å²) in [6, 6.07) is 8.22. The van der Waals surface area contributed by atoms with Crippen molar-refractivity contribution in [3.8, 4) is 11.5 Å². The lowest BCUT2D eigenvalue weighted by Gasteiger charge is -2.10. The molecule has 0 aliphatic carbocycles. The molecule has 0 saturated carbocycles. The third-order valence-electron chi connectivity index (χ3n) is 3.08. The molecule has 6 heteroatoms. The van der Waals surface area contributed by atoms with Gasteiger partial charge in [-0.3, -0.25) is 4.79 Å². The van der Waals surface area contributed by atoms with E-state index < -0.39 is 17.5 Å². The van der Waals surface area contributed by atoms with Crippen molar-refractivity contribution in [1.82, 2.24) is 5.32 Å². The summed E-state index contributed by atoms with van der Waals surface area (Å²) in [7, 11) is 3.05. The second-order valence-corrected chi connectivity index (χ2v) is 4.50. The second-order valence-electron chi connectivity index (χ2n) is 4.50. The Labute approximate surface area is 126 Å². The first-order valence-electron chi connectivity index (χ1n) is 6.49. The summed E-state index contributed by atoms with van der Waals surface area (Å²) in [5.41, 5.74) is 0.841. The first kappa shape index (κ1) is 15.8. The van der Waals surface area contributed by atoms with E-state index in [0.717, 1.165) is 17.7 Å². The van der Waals surface area contributed by atoms with Gasteiger partial charge in [0.1, 0.15) is 0 Å². The maximum absolute atomic E-state index is 13.1. The normalized spacial score (nSPS) is 10.2. The van der Waals surface area contributed by atoms with E-state index in [-0.39, 0.29) is 12.1 Å². The predicted molar refractivity (Wildman–Crippen MR) is 77.1 cm³/mol. The zero-order valence-electron chi connectivity index (χ0n) is 12.2. The van der Waals surface area contributed by atoms with E-state index in [1.807, 2.05) is 0 Å². The molecule has 1 N–H and O–H groups in total. The maximum Gasteiger partial charge on any atom is 0.251 e. The molecule has 0 radical (unpaired) electrons. The molecule has 4 nitrogen and oxygen atoms in total. The van der Waals surface area contributed by atoms with Crippen LogP contribution in [0.2, 0.25) is 0 Å². The van der Waals surface area contributed by atoms with E-state index in [1.54, 1.807) is 18.2 Å². The molecule has 116 valence electrons. The fourth-order valence-electron chi connectivity index (χ4n) is 1.91.